The van der Waals surface area contributed by atoms with E-state index in [0.29, 0.717) is 18.4 Å². The minimum absolute atomic E-state index is 0.0459. The second-order valence-electron chi connectivity index (χ2n) is 4.83. The summed E-state index contributed by atoms with van der Waals surface area (Å²) in [6, 6.07) is 10.9. The smallest absolute Gasteiger partial charge is 0.224 e. The SMILES string of the molecule is N[C@H]1CC(=O)N([C@@H]2C[C@@H]2c2ccccc2)C1. The van der Waals surface area contributed by atoms with Gasteiger partial charge in [0.25, 0.3) is 0 Å². The van der Waals surface area contributed by atoms with Crippen molar-refractivity contribution in [2.75, 3.05) is 6.54 Å². The van der Waals surface area contributed by atoms with Gasteiger partial charge >= 0.3 is 0 Å². The molecule has 3 atom stereocenters. The first-order valence-corrected chi connectivity index (χ1v) is 5.85. The van der Waals surface area contributed by atoms with Crippen LogP contribution < -0.4 is 5.73 Å². The highest BCUT2D eigenvalue weighted by molar-refractivity contribution is 5.80. The molecule has 1 saturated heterocycles. The van der Waals surface area contributed by atoms with Gasteiger partial charge < -0.3 is 10.6 Å². The standard InChI is InChI=1S/C13H16N2O/c14-10-6-13(16)15(8-10)12-7-11(12)9-4-2-1-3-5-9/h1-5,10-12H,6-8,14H2/t10-,11+,12+/m0/s1. The van der Waals surface area contributed by atoms with Crippen molar-refractivity contribution in [1.29, 1.82) is 0 Å². The number of hydrogen-bond donors (Lipinski definition) is 1. The summed E-state index contributed by atoms with van der Waals surface area (Å²) >= 11 is 0. The number of nitrogens with zero attached hydrogens (tertiary/aromatic N) is 1. The van der Waals surface area contributed by atoms with Crippen LogP contribution in [-0.4, -0.2) is 29.4 Å². The molecule has 0 bridgehead atoms. The molecule has 3 nitrogen and oxygen atoms in total. The molecule has 0 spiro atoms. The minimum Gasteiger partial charge on any atom is -0.337 e. The third-order valence-corrected chi connectivity index (χ3v) is 3.57. The fraction of sp³-hybridized carbons (Fsp3) is 0.462. The van der Waals surface area contributed by atoms with Crippen LogP contribution in [0.15, 0.2) is 30.3 Å². The highest BCUT2D eigenvalue weighted by Gasteiger charge is 2.47. The van der Waals surface area contributed by atoms with E-state index in [9.17, 15) is 4.79 Å². The zero-order valence-electron chi connectivity index (χ0n) is 9.17. The first-order chi connectivity index (χ1) is 7.75. The van der Waals surface area contributed by atoms with Gasteiger partial charge in [-0.3, -0.25) is 4.79 Å². The van der Waals surface area contributed by atoms with Crippen LogP contribution in [0.4, 0.5) is 0 Å². The molecule has 2 fully saturated rings. The van der Waals surface area contributed by atoms with Gasteiger partial charge in [0.15, 0.2) is 0 Å². The molecule has 3 heteroatoms. The number of likely N-dealkylation sites (tertiary alicyclic amines) is 1. The van der Waals surface area contributed by atoms with E-state index in [2.05, 4.69) is 24.3 Å². The quantitative estimate of drug-likeness (QED) is 0.804. The lowest BCUT2D eigenvalue weighted by Crippen LogP contribution is -2.30. The lowest BCUT2D eigenvalue weighted by molar-refractivity contribution is -0.128. The molecule has 0 aromatic heterocycles. The van der Waals surface area contributed by atoms with E-state index >= 15 is 0 Å². The second-order valence-corrected chi connectivity index (χ2v) is 4.83. The van der Waals surface area contributed by atoms with Crippen LogP contribution in [0, 0.1) is 0 Å². The number of carbonyl (C=O) groups excluding carboxylic acids is 1. The molecule has 1 aromatic rings. The third-order valence-electron chi connectivity index (χ3n) is 3.57. The van der Waals surface area contributed by atoms with E-state index in [4.69, 9.17) is 5.73 Å². The lowest BCUT2D eigenvalue weighted by atomic mass is 10.1. The molecule has 3 rings (SSSR count). The van der Waals surface area contributed by atoms with Gasteiger partial charge in [0.05, 0.1) is 0 Å². The van der Waals surface area contributed by atoms with Gasteiger partial charge in [-0.05, 0) is 12.0 Å². The van der Waals surface area contributed by atoms with Crippen molar-refractivity contribution in [3.63, 3.8) is 0 Å². The topological polar surface area (TPSA) is 46.3 Å². The summed E-state index contributed by atoms with van der Waals surface area (Å²) in [7, 11) is 0. The fourth-order valence-corrected chi connectivity index (χ4v) is 2.67. The Labute approximate surface area is 95.2 Å². The zero-order valence-corrected chi connectivity index (χ0v) is 9.17. The van der Waals surface area contributed by atoms with Crippen LogP contribution in [0.25, 0.3) is 0 Å². The number of nitrogens with two attached hydrogens (primary N) is 1. The van der Waals surface area contributed by atoms with Gasteiger partial charge in [0, 0.05) is 31.0 Å². The van der Waals surface area contributed by atoms with Crippen molar-refractivity contribution in [3.8, 4) is 0 Å². The maximum absolute atomic E-state index is 11.7. The number of rotatable bonds is 2. The highest BCUT2D eigenvalue weighted by Crippen LogP contribution is 2.45. The molecule has 84 valence electrons. The molecule has 1 aliphatic carbocycles. The highest BCUT2D eigenvalue weighted by atomic mass is 16.2. The van der Waals surface area contributed by atoms with Crippen molar-refractivity contribution in [2.45, 2.75) is 30.8 Å². The van der Waals surface area contributed by atoms with E-state index in [0.717, 1.165) is 13.0 Å². The molecular weight excluding hydrogens is 200 g/mol. The minimum atomic E-state index is 0.0459. The molecule has 0 radical (unpaired) electrons. The molecule has 2 N–H and O–H groups in total. The number of hydrogen-bond acceptors (Lipinski definition) is 2. The Balaban J connectivity index is 1.71. The van der Waals surface area contributed by atoms with E-state index in [-0.39, 0.29) is 11.9 Å². The van der Waals surface area contributed by atoms with E-state index in [1.165, 1.54) is 5.56 Å². The summed E-state index contributed by atoms with van der Waals surface area (Å²) in [6.07, 6.45) is 1.63. The molecule has 1 amide bonds. The average Bonchev–Trinajstić information content (AvgIpc) is 3.00. The van der Waals surface area contributed by atoms with Gasteiger partial charge in [-0.15, -0.1) is 0 Å². The third kappa shape index (κ3) is 1.61. The van der Waals surface area contributed by atoms with Crippen molar-refractivity contribution >= 4 is 5.91 Å². The Morgan fingerprint density at radius 3 is 2.62 bits per heavy atom. The van der Waals surface area contributed by atoms with Crippen molar-refractivity contribution < 1.29 is 4.79 Å². The Morgan fingerprint density at radius 2 is 2.00 bits per heavy atom. The molecule has 1 aliphatic heterocycles. The summed E-state index contributed by atoms with van der Waals surface area (Å²) < 4.78 is 0. The maximum atomic E-state index is 11.7. The van der Waals surface area contributed by atoms with Crippen molar-refractivity contribution in [3.05, 3.63) is 35.9 Å². The Hall–Kier alpha value is -1.35. The monoisotopic (exact) mass is 216 g/mol. The maximum Gasteiger partial charge on any atom is 0.224 e. The van der Waals surface area contributed by atoms with Gasteiger partial charge in [-0.1, -0.05) is 30.3 Å². The summed E-state index contributed by atoms with van der Waals surface area (Å²) in [5, 5.41) is 0. The molecule has 1 heterocycles. The molecule has 0 unspecified atom stereocenters. The Bertz CT molecular complexity index is 404. The van der Waals surface area contributed by atoms with Crippen LogP contribution in [0.3, 0.4) is 0 Å². The Morgan fingerprint density at radius 1 is 1.25 bits per heavy atom. The number of amides is 1. The van der Waals surface area contributed by atoms with Crippen LogP contribution in [0.2, 0.25) is 0 Å². The van der Waals surface area contributed by atoms with Crippen LogP contribution >= 0.6 is 0 Å². The predicted molar refractivity (Wildman–Crippen MR) is 61.9 cm³/mol. The van der Waals surface area contributed by atoms with Crippen molar-refractivity contribution in [2.24, 2.45) is 5.73 Å². The summed E-state index contributed by atoms with van der Waals surface area (Å²) in [5.41, 5.74) is 7.15. The van der Waals surface area contributed by atoms with E-state index < -0.39 is 0 Å². The van der Waals surface area contributed by atoms with Crippen LogP contribution in [0.5, 0.6) is 0 Å². The van der Waals surface area contributed by atoms with E-state index in [1.807, 2.05) is 11.0 Å². The van der Waals surface area contributed by atoms with Gasteiger partial charge in [0.1, 0.15) is 0 Å². The molecule has 1 aromatic carbocycles. The average molecular weight is 216 g/mol. The van der Waals surface area contributed by atoms with Gasteiger partial charge in [-0.25, -0.2) is 0 Å². The molecular formula is C13H16N2O. The largest absolute Gasteiger partial charge is 0.337 e. The zero-order chi connectivity index (χ0) is 11.1. The molecule has 16 heavy (non-hydrogen) atoms. The number of carbonyl (C=O) groups is 1. The first kappa shape index (κ1) is 9.85. The van der Waals surface area contributed by atoms with E-state index in [1.54, 1.807) is 0 Å². The normalized spacial score (nSPS) is 33.2. The van der Waals surface area contributed by atoms with Crippen molar-refractivity contribution in [1.82, 2.24) is 4.90 Å². The summed E-state index contributed by atoms with van der Waals surface area (Å²) in [4.78, 5) is 13.7. The molecule has 2 aliphatic rings. The van der Waals surface area contributed by atoms with Crippen LogP contribution in [-0.2, 0) is 4.79 Å². The van der Waals surface area contributed by atoms with Crippen LogP contribution in [0.1, 0.15) is 24.3 Å². The second kappa shape index (κ2) is 3.59. The van der Waals surface area contributed by atoms with Gasteiger partial charge in [0.2, 0.25) is 5.91 Å². The summed E-state index contributed by atoms with van der Waals surface area (Å²) in [6.45, 7) is 0.743. The molecule has 1 saturated carbocycles. The fourth-order valence-electron chi connectivity index (χ4n) is 2.67. The Kier molecular flexibility index (Phi) is 2.21. The number of benzene rings is 1. The van der Waals surface area contributed by atoms with Gasteiger partial charge in [-0.2, -0.15) is 0 Å². The first-order valence-electron chi connectivity index (χ1n) is 5.85. The lowest BCUT2D eigenvalue weighted by Gasteiger charge is -2.15. The summed E-state index contributed by atoms with van der Waals surface area (Å²) in [5.74, 6) is 0.770. The predicted octanol–water partition coefficient (Wildman–Crippen LogP) is 1.10.